The third-order valence-electron chi connectivity index (χ3n) is 7.66. The molecule has 6 heteroatoms. The van der Waals surface area contributed by atoms with E-state index < -0.39 is 6.10 Å². The first-order valence-electron chi connectivity index (χ1n) is 11.8. The van der Waals surface area contributed by atoms with Crippen LogP contribution < -0.4 is 9.47 Å². The third-order valence-corrected chi connectivity index (χ3v) is 7.66. The van der Waals surface area contributed by atoms with Crippen molar-refractivity contribution in [2.45, 2.75) is 45.1 Å². The van der Waals surface area contributed by atoms with Crippen LogP contribution in [0.1, 0.15) is 43.0 Å². The zero-order valence-corrected chi connectivity index (χ0v) is 19.9. The van der Waals surface area contributed by atoms with Gasteiger partial charge in [-0.15, -0.1) is 0 Å². The van der Waals surface area contributed by atoms with Crippen LogP contribution in [0.15, 0.2) is 54.2 Å². The van der Waals surface area contributed by atoms with Crippen LogP contribution in [0.5, 0.6) is 11.5 Å². The summed E-state index contributed by atoms with van der Waals surface area (Å²) in [6.07, 6.45) is 8.11. The number of halogens is 1. The van der Waals surface area contributed by atoms with E-state index in [-0.39, 0.29) is 17.2 Å². The fraction of sp³-hybridized carbons (Fsp3) is 0.393. The van der Waals surface area contributed by atoms with Crippen LogP contribution in [0.25, 0.3) is 11.8 Å². The maximum Gasteiger partial charge on any atom is 0.123 e. The van der Waals surface area contributed by atoms with E-state index in [0.29, 0.717) is 6.42 Å². The number of aliphatic hydroxyl groups is 1. The predicted octanol–water partition coefficient (Wildman–Crippen LogP) is 5.38. The summed E-state index contributed by atoms with van der Waals surface area (Å²) in [6.45, 7) is 2.29. The molecule has 0 unspecified atom stereocenters. The second-order valence-electron chi connectivity index (χ2n) is 9.70. The average Bonchev–Trinajstić information content (AvgIpc) is 3.23. The monoisotopic (exact) mass is 462 g/mol. The van der Waals surface area contributed by atoms with Crippen molar-refractivity contribution in [3.05, 3.63) is 76.9 Å². The molecule has 34 heavy (non-hydrogen) atoms. The Labute approximate surface area is 199 Å². The molecule has 2 aromatic carbocycles. The summed E-state index contributed by atoms with van der Waals surface area (Å²) in [6, 6.07) is 12.2. The van der Waals surface area contributed by atoms with E-state index in [4.69, 9.17) is 9.47 Å². The molecule has 1 N–H and O–H groups in total. The highest BCUT2D eigenvalue weighted by Gasteiger charge is 2.46. The summed E-state index contributed by atoms with van der Waals surface area (Å²) >= 11 is 0. The highest BCUT2D eigenvalue weighted by molar-refractivity contribution is 5.61. The summed E-state index contributed by atoms with van der Waals surface area (Å²) in [7, 11) is 3.28. The smallest absolute Gasteiger partial charge is 0.123 e. The number of aromatic nitrogens is 2. The predicted molar refractivity (Wildman–Crippen MR) is 130 cm³/mol. The van der Waals surface area contributed by atoms with Gasteiger partial charge in [0.1, 0.15) is 17.3 Å². The van der Waals surface area contributed by atoms with Crippen LogP contribution in [0, 0.1) is 17.2 Å². The van der Waals surface area contributed by atoms with E-state index in [2.05, 4.69) is 18.1 Å². The largest absolute Gasteiger partial charge is 0.497 e. The van der Waals surface area contributed by atoms with E-state index in [0.717, 1.165) is 59.7 Å². The third kappa shape index (κ3) is 4.00. The molecule has 1 aromatic heterocycles. The van der Waals surface area contributed by atoms with Crippen LogP contribution in [0.4, 0.5) is 4.39 Å². The normalized spacial score (nSPS) is 22.4. The maximum absolute atomic E-state index is 13.4. The van der Waals surface area contributed by atoms with Crippen molar-refractivity contribution in [1.82, 2.24) is 9.78 Å². The summed E-state index contributed by atoms with van der Waals surface area (Å²) < 4.78 is 26.1. The lowest BCUT2D eigenvalue weighted by atomic mass is 9.58. The Morgan fingerprint density at radius 3 is 2.53 bits per heavy atom. The second kappa shape index (κ2) is 8.91. The molecule has 5 nitrogen and oxygen atoms in total. The van der Waals surface area contributed by atoms with Gasteiger partial charge in [0, 0.05) is 6.07 Å². The lowest BCUT2D eigenvalue weighted by Crippen LogP contribution is -2.43. The number of hydrogen-bond donors (Lipinski definition) is 1. The SMILES string of the molecule is COc1cc(C[C@H](O)[C@H]2CCCC3=Cc4c(cnn4-c4ccc(F)cc4)C[C@@]32C)cc(OC)c1. The first-order valence-corrected chi connectivity index (χ1v) is 11.8. The molecule has 0 aliphatic heterocycles. The van der Waals surface area contributed by atoms with Crippen LogP contribution in [-0.2, 0) is 12.8 Å². The van der Waals surface area contributed by atoms with Crippen LogP contribution in [0.2, 0.25) is 0 Å². The first-order chi connectivity index (χ1) is 16.4. The van der Waals surface area contributed by atoms with E-state index in [1.54, 1.807) is 26.4 Å². The molecule has 3 atom stereocenters. The Hall–Kier alpha value is -3.12. The first kappa shape index (κ1) is 22.7. The summed E-state index contributed by atoms with van der Waals surface area (Å²) in [5.74, 6) is 1.33. The molecule has 0 saturated heterocycles. The maximum atomic E-state index is 13.4. The van der Waals surface area contributed by atoms with Crippen molar-refractivity contribution in [1.29, 1.82) is 0 Å². The van der Waals surface area contributed by atoms with Crippen molar-refractivity contribution in [3.63, 3.8) is 0 Å². The Morgan fingerprint density at radius 1 is 1.15 bits per heavy atom. The van der Waals surface area contributed by atoms with Crippen molar-refractivity contribution in [3.8, 4) is 17.2 Å². The molecule has 0 radical (unpaired) electrons. The molecular weight excluding hydrogens is 431 g/mol. The van der Waals surface area contributed by atoms with Crippen molar-refractivity contribution in [2.75, 3.05) is 14.2 Å². The summed E-state index contributed by atoms with van der Waals surface area (Å²) in [4.78, 5) is 0. The van der Waals surface area contributed by atoms with Crippen molar-refractivity contribution >= 4 is 6.08 Å². The molecule has 0 amide bonds. The minimum Gasteiger partial charge on any atom is -0.497 e. The van der Waals surface area contributed by atoms with Gasteiger partial charge < -0.3 is 14.6 Å². The van der Waals surface area contributed by atoms with Gasteiger partial charge in [0.15, 0.2) is 0 Å². The molecule has 2 aliphatic rings. The van der Waals surface area contributed by atoms with Gasteiger partial charge in [0.25, 0.3) is 0 Å². The van der Waals surface area contributed by atoms with E-state index >= 15 is 0 Å². The standard InChI is InChI=1S/C28H31FN2O3/c1-28-16-19-17-30-31(22-9-7-21(29)8-10-22)26(19)14-20(28)5-4-6-25(28)27(32)13-18-11-23(33-2)15-24(12-18)34-3/h7-12,14-15,17,25,27,32H,4-6,13,16H2,1-3H3/t25-,27+,28+/m1/s1. The Bertz CT molecular complexity index is 1190. The van der Waals surface area contributed by atoms with Gasteiger partial charge >= 0.3 is 0 Å². The van der Waals surface area contributed by atoms with Gasteiger partial charge in [0.05, 0.1) is 37.9 Å². The molecule has 178 valence electrons. The lowest BCUT2D eigenvalue weighted by Gasteiger charge is -2.47. The molecule has 3 aromatic rings. The number of methoxy groups -OCH3 is 2. The van der Waals surface area contributed by atoms with Crippen LogP contribution in [0.3, 0.4) is 0 Å². The van der Waals surface area contributed by atoms with E-state index in [1.165, 1.54) is 17.7 Å². The van der Waals surface area contributed by atoms with E-state index in [9.17, 15) is 9.50 Å². The molecule has 0 bridgehead atoms. The highest BCUT2D eigenvalue weighted by Crippen LogP contribution is 2.52. The van der Waals surface area contributed by atoms with Gasteiger partial charge in [-0.3, -0.25) is 0 Å². The van der Waals surface area contributed by atoms with Crippen LogP contribution >= 0.6 is 0 Å². The highest BCUT2D eigenvalue weighted by atomic mass is 19.1. The van der Waals surface area contributed by atoms with Gasteiger partial charge in [-0.1, -0.05) is 12.5 Å². The van der Waals surface area contributed by atoms with Crippen molar-refractivity contribution < 1.29 is 19.0 Å². The number of hydrogen-bond acceptors (Lipinski definition) is 4. The number of benzene rings is 2. The molecule has 2 aliphatic carbocycles. The molecule has 1 saturated carbocycles. The summed E-state index contributed by atoms with van der Waals surface area (Å²) in [5, 5.41) is 16.1. The fourth-order valence-electron chi connectivity index (χ4n) is 5.85. The molecular formula is C28H31FN2O3. The molecule has 1 heterocycles. The zero-order chi connectivity index (χ0) is 23.9. The number of allylic oxidation sites excluding steroid dienone is 1. The lowest BCUT2D eigenvalue weighted by molar-refractivity contribution is 0.0234. The minimum absolute atomic E-state index is 0.131. The van der Waals surface area contributed by atoms with Gasteiger partial charge in [-0.05, 0) is 97.0 Å². The molecule has 5 rings (SSSR count). The van der Waals surface area contributed by atoms with Crippen molar-refractivity contribution in [2.24, 2.45) is 11.3 Å². The van der Waals surface area contributed by atoms with Gasteiger partial charge in [0.2, 0.25) is 0 Å². The number of fused-ring (bicyclic) bond motifs is 2. The van der Waals surface area contributed by atoms with E-state index in [1.807, 2.05) is 29.1 Å². The average molecular weight is 463 g/mol. The quantitative estimate of drug-likeness (QED) is 0.535. The number of aliphatic hydroxyl groups excluding tert-OH is 1. The second-order valence-corrected chi connectivity index (χ2v) is 9.70. The number of rotatable bonds is 6. The topological polar surface area (TPSA) is 56.5 Å². The van der Waals surface area contributed by atoms with Gasteiger partial charge in [-0.25, -0.2) is 9.07 Å². The Morgan fingerprint density at radius 2 is 1.85 bits per heavy atom. The van der Waals surface area contributed by atoms with Crippen LogP contribution in [-0.4, -0.2) is 35.2 Å². The molecule has 1 fully saturated rings. The Balaban J connectivity index is 1.43. The zero-order valence-electron chi connectivity index (χ0n) is 19.9. The minimum atomic E-state index is -0.487. The van der Waals surface area contributed by atoms with Gasteiger partial charge in [-0.2, -0.15) is 5.10 Å². The Kier molecular flexibility index (Phi) is 5.94. The number of ether oxygens (including phenoxy) is 2. The fourth-order valence-corrected chi connectivity index (χ4v) is 5.85. The number of nitrogens with zero attached hydrogens (tertiary/aromatic N) is 2. The summed E-state index contributed by atoms with van der Waals surface area (Å²) in [5.41, 5.74) is 5.31. The molecule has 0 spiro atoms.